The van der Waals surface area contributed by atoms with Crippen molar-refractivity contribution in [3.05, 3.63) is 99.6 Å². The molecule has 0 atom stereocenters. The summed E-state index contributed by atoms with van der Waals surface area (Å²) < 4.78 is 11.1. The molecule has 3 aromatic carbocycles. The summed E-state index contributed by atoms with van der Waals surface area (Å²) >= 11 is 1.40. The molecule has 0 fully saturated rings. The molecule has 3 aromatic rings. The fourth-order valence-electron chi connectivity index (χ4n) is 2.79. The van der Waals surface area contributed by atoms with Crippen LogP contribution in [0.3, 0.4) is 0 Å². The molecule has 0 amide bonds. The number of amidine groups is 1. The van der Waals surface area contributed by atoms with Crippen LogP contribution in [0.1, 0.15) is 16.7 Å². The van der Waals surface area contributed by atoms with E-state index >= 15 is 0 Å². The predicted molar refractivity (Wildman–Crippen MR) is 127 cm³/mol. The van der Waals surface area contributed by atoms with Gasteiger partial charge in [-0.15, -0.1) is 5.10 Å². The van der Waals surface area contributed by atoms with Crippen LogP contribution in [0.2, 0.25) is 0 Å². The molecule has 0 radical (unpaired) electrons. The number of nitro benzene ring substituents is 1. The van der Waals surface area contributed by atoms with Gasteiger partial charge < -0.3 is 15.2 Å². The van der Waals surface area contributed by atoms with Crippen molar-refractivity contribution < 1.29 is 14.4 Å². The van der Waals surface area contributed by atoms with Crippen LogP contribution in [0.25, 0.3) is 0 Å². The number of methoxy groups -OCH3 is 1. The van der Waals surface area contributed by atoms with Crippen molar-refractivity contribution in [2.45, 2.75) is 12.4 Å². The Morgan fingerprint density at radius 3 is 2.59 bits per heavy atom. The summed E-state index contributed by atoms with van der Waals surface area (Å²) in [5.74, 6) is 1.50. The second-order valence-electron chi connectivity index (χ2n) is 6.54. The zero-order valence-corrected chi connectivity index (χ0v) is 18.2. The van der Waals surface area contributed by atoms with Crippen LogP contribution in [0.5, 0.6) is 11.5 Å². The number of nitrogens with two attached hydrogens (primary N) is 1. The monoisotopic (exact) mass is 450 g/mol. The SMILES string of the molecule is COc1ccc(C=NN=C(N)SCc2ccccc2)cc1COc1ccccc1[N+](=O)[O-]. The van der Waals surface area contributed by atoms with E-state index in [4.69, 9.17) is 15.2 Å². The van der Waals surface area contributed by atoms with Gasteiger partial charge in [-0.05, 0) is 35.4 Å². The minimum Gasteiger partial charge on any atom is -0.496 e. The molecule has 2 N–H and O–H groups in total. The van der Waals surface area contributed by atoms with Gasteiger partial charge in [-0.1, -0.05) is 54.2 Å². The van der Waals surface area contributed by atoms with E-state index in [2.05, 4.69) is 10.2 Å². The van der Waals surface area contributed by atoms with Gasteiger partial charge in [0.15, 0.2) is 10.9 Å². The van der Waals surface area contributed by atoms with E-state index in [1.165, 1.54) is 17.8 Å². The van der Waals surface area contributed by atoms with E-state index < -0.39 is 4.92 Å². The van der Waals surface area contributed by atoms with Crippen LogP contribution in [0, 0.1) is 10.1 Å². The zero-order chi connectivity index (χ0) is 22.8. The smallest absolute Gasteiger partial charge is 0.310 e. The molecular weight excluding hydrogens is 428 g/mol. The maximum Gasteiger partial charge on any atom is 0.310 e. The van der Waals surface area contributed by atoms with Gasteiger partial charge in [-0.25, -0.2) is 0 Å². The first-order chi connectivity index (χ1) is 15.6. The van der Waals surface area contributed by atoms with Gasteiger partial charge >= 0.3 is 5.69 Å². The second-order valence-corrected chi connectivity index (χ2v) is 7.54. The normalized spacial score (nSPS) is 11.5. The highest BCUT2D eigenvalue weighted by atomic mass is 32.2. The summed E-state index contributed by atoms with van der Waals surface area (Å²) in [6.07, 6.45) is 1.57. The van der Waals surface area contributed by atoms with Crippen LogP contribution in [-0.4, -0.2) is 23.4 Å². The highest BCUT2D eigenvalue weighted by Crippen LogP contribution is 2.28. The number of rotatable bonds is 9. The van der Waals surface area contributed by atoms with Gasteiger partial charge in [0.25, 0.3) is 0 Å². The standard InChI is InChI=1S/C23H22N4O4S/c1-30-21-12-11-18(14-25-26-23(24)32-16-17-7-3-2-4-8-17)13-19(21)15-31-22-10-6-5-9-20(22)27(28)29/h2-14H,15-16H2,1H3,(H2,24,26). The van der Waals surface area contributed by atoms with Crippen LogP contribution >= 0.6 is 11.8 Å². The lowest BCUT2D eigenvalue weighted by molar-refractivity contribution is -0.385. The molecule has 0 bridgehead atoms. The van der Waals surface area contributed by atoms with Gasteiger partial charge in [-0.3, -0.25) is 10.1 Å². The third-order valence-electron chi connectivity index (χ3n) is 4.34. The molecule has 9 heteroatoms. The van der Waals surface area contributed by atoms with Crippen LogP contribution in [-0.2, 0) is 12.4 Å². The van der Waals surface area contributed by atoms with E-state index in [0.29, 0.717) is 22.2 Å². The predicted octanol–water partition coefficient (Wildman–Crippen LogP) is 4.76. The molecule has 0 heterocycles. The summed E-state index contributed by atoms with van der Waals surface area (Å²) in [4.78, 5) is 10.7. The lowest BCUT2D eigenvalue weighted by atomic mass is 10.1. The molecule has 0 aliphatic carbocycles. The molecule has 8 nitrogen and oxygen atoms in total. The molecule has 0 aliphatic rings. The summed E-state index contributed by atoms with van der Waals surface area (Å²) in [5, 5.41) is 19.6. The van der Waals surface area contributed by atoms with Crippen LogP contribution < -0.4 is 15.2 Å². The minimum absolute atomic E-state index is 0.0913. The molecule has 0 aliphatic heterocycles. The Morgan fingerprint density at radius 2 is 1.84 bits per heavy atom. The first-order valence-electron chi connectivity index (χ1n) is 9.63. The largest absolute Gasteiger partial charge is 0.496 e. The summed E-state index contributed by atoms with van der Waals surface area (Å²) in [5.41, 5.74) is 8.45. The van der Waals surface area contributed by atoms with Crippen molar-refractivity contribution >= 4 is 28.8 Å². The second kappa shape index (κ2) is 11.5. The first-order valence-corrected chi connectivity index (χ1v) is 10.6. The molecule has 3 rings (SSSR count). The molecule has 0 spiro atoms. The van der Waals surface area contributed by atoms with Gasteiger partial charge in [0.2, 0.25) is 0 Å². The van der Waals surface area contributed by atoms with Crippen molar-refractivity contribution in [1.29, 1.82) is 0 Å². The third kappa shape index (κ3) is 6.58. The van der Waals surface area contributed by atoms with Gasteiger partial charge in [0.1, 0.15) is 12.4 Å². The topological polar surface area (TPSA) is 112 Å². The maximum absolute atomic E-state index is 11.2. The molecule has 0 unspecified atom stereocenters. The number of nitrogens with zero attached hydrogens (tertiary/aromatic N) is 3. The molecule has 0 aromatic heterocycles. The van der Waals surface area contributed by atoms with Crippen molar-refractivity contribution in [2.75, 3.05) is 7.11 Å². The Balaban J connectivity index is 1.66. The Labute approximate surface area is 189 Å². The molecular formula is C23H22N4O4S. The first kappa shape index (κ1) is 22.8. The van der Waals surface area contributed by atoms with E-state index in [1.54, 1.807) is 37.6 Å². The number of nitro groups is 1. The molecule has 164 valence electrons. The molecule has 32 heavy (non-hydrogen) atoms. The van der Waals surface area contributed by atoms with Crippen molar-refractivity contribution in [2.24, 2.45) is 15.9 Å². The number of ether oxygens (including phenoxy) is 2. The summed E-state index contributed by atoms with van der Waals surface area (Å²) in [6, 6.07) is 21.6. The average Bonchev–Trinajstić information content (AvgIpc) is 2.82. The number of benzene rings is 3. The highest BCUT2D eigenvalue weighted by molar-refractivity contribution is 8.13. The number of para-hydroxylation sites is 2. The Hall–Kier alpha value is -3.85. The maximum atomic E-state index is 11.2. The van der Waals surface area contributed by atoms with Gasteiger partial charge in [-0.2, -0.15) is 5.10 Å². The van der Waals surface area contributed by atoms with Gasteiger partial charge in [0.05, 0.1) is 18.2 Å². The Kier molecular flexibility index (Phi) is 8.22. The van der Waals surface area contributed by atoms with E-state index in [0.717, 1.165) is 11.1 Å². The van der Waals surface area contributed by atoms with E-state index in [-0.39, 0.29) is 18.0 Å². The Morgan fingerprint density at radius 1 is 1.09 bits per heavy atom. The highest BCUT2D eigenvalue weighted by Gasteiger charge is 2.14. The fourth-order valence-corrected chi connectivity index (χ4v) is 3.40. The van der Waals surface area contributed by atoms with Crippen molar-refractivity contribution in [3.63, 3.8) is 0 Å². The van der Waals surface area contributed by atoms with Crippen LogP contribution in [0.4, 0.5) is 5.69 Å². The Bertz CT molecular complexity index is 1120. The lowest BCUT2D eigenvalue weighted by Crippen LogP contribution is -2.06. The molecule has 0 saturated carbocycles. The van der Waals surface area contributed by atoms with E-state index in [1.807, 2.05) is 42.5 Å². The number of hydrogen-bond acceptors (Lipinski definition) is 7. The zero-order valence-electron chi connectivity index (χ0n) is 17.4. The quantitative estimate of drug-likeness (QED) is 0.218. The fraction of sp³-hybridized carbons (Fsp3) is 0.130. The van der Waals surface area contributed by atoms with E-state index in [9.17, 15) is 10.1 Å². The number of hydrogen-bond donors (Lipinski definition) is 1. The lowest BCUT2D eigenvalue weighted by Gasteiger charge is -2.11. The molecule has 0 saturated heterocycles. The average molecular weight is 451 g/mol. The van der Waals surface area contributed by atoms with Crippen molar-refractivity contribution in [1.82, 2.24) is 0 Å². The summed E-state index contributed by atoms with van der Waals surface area (Å²) in [6.45, 7) is 0.0913. The third-order valence-corrected chi connectivity index (χ3v) is 5.20. The van der Waals surface area contributed by atoms with Crippen LogP contribution in [0.15, 0.2) is 83.0 Å². The van der Waals surface area contributed by atoms with Gasteiger partial charge in [0, 0.05) is 17.4 Å². The number of thioether (sulfide) groups is 1. The summed E-state index contributed by atoms with van der Waals surface area (Å²) in [7, 11) is 1.55. The minimum atomic E-state index is -0.478. The van der Waals surface area contributed by atoms with Crippen molar-refractivity contribution in [3.8, 4) is 11.5 Å².